The average Bonchev–Trinajstić information content (AvgIpc) is 1.96. The maximum atomic E-state index is 12.2. The molecular formula is C5H6F3N. The molecular weight excluding hydrogens is 131 g/mol. The van der Waals surface area contributed by atoms with E-state index in [4.69, 9.17) is 5.73 Å². The molecule has 0 aromatic carbocycles. The predicted molar refractivity (Wildman–Crippen MR) is 26.7 cm³/mol. The van der Waals surface area contributed by atoms with E-state index in [9.17, 15) is 13.2 Å². The average molecular weight is 137 g/mol. The third-order valence-corrected chi connectivity index (χ3v) is 1.34. The maximum absolute atomic E-state index is 12.2. The lowest BCUT2D eigenvalue weighted by Gasteiger charge is -2.13. The van der Waals surface area contributed by atoms with Gasteiger partial charge >= 0.3 is 5.92 Å². The molecule has 0 aliphatic heterocycles. The van der Waals surface area contributed by atoms with E-state index in [1.807, 2.05) is 0 Å². The Hall–Kier alpha value is -0.510. The van der Waals surface area contributed by atoms with Crippen LogP contribution >= 0.6 is 0 Å². The number of alkyl halides is 2. The zero-order valence-electron chi connectivity index (χ0n) is 4.57. The molecule has 1 aliphatic rings. The van der Waals surface area contributed by atoms with E-state index >= 15 is 0 Å². The highest BCUT2D eigenvalue weighted by molar-refractivity contribution is 5.16. The molecule has 1 unspecified atom stereocenters. The van der Waals surface area contributed by atoms with Crippen LogP contribution in [0.3, 0.4) is 0 Å². The summed E-state index contributed by atoms with van der Waals surface area (Å²) in [6, 6.07) is -1.36. The molecule has 0 aromatic heterocycles. The molecule has 0 amide bonds. The van der Waals surface area contributed by atoms with Crippen molar-refractivity contribution in [3.63, 3.8) is 0 Å². The fourth-order valence-corrected chi connectivity index (χ4v) is 0.692. The fourth-order valence-electron chi connectivity index (χ4n) is 0.692. The quantitative estimate of drug-likeness (QED) is 0.533. The van der Waals surface area contributed by atoms with Crippen molar-refractivity contribution in [1.82, 2.24) is 0 Å². The number of halogens is 3. The van der Waals surface area contributed by atoms with Gasteiger partial charge in [0.05, 0.1) is 6.04 Å². The van der Waals surface area contributed by atoms with E-state index in [2.05, 4.69) is 0 Å². The van der Waals surface area contributed by atoms with Crippen LogP contribution in [0.4, 0.5) is 13.2 Å². The Morgan fingerprint density at radius 2 is 2.22 bits per heavy atom. The van der Waals surface area contributed by atoms with Gasteiger partial charge in [-0.1, -0.05) is 0 Å². The van der Waals surface area contributed by atoms with Crippen molar-refractivity contribution in [2.75, 3.05) is 0 Å². The lowest BCUT2D eigenvalue weighted by atomic mass is 10.2. The summed E-state index contributed by atoms with van der Waals surface area (Å²) in [7, 11) is 0. The molecule has 1 nitrogen and oxygen atoms in total. The van der Waals surface area contributed by atoms with Crippen molar-refractivity contribution in [3.05, 3.63) is 11.9 Å². The van der Waals surface area contributed by atoms with Gasteiger partial charge < -0.3 is 5.73 Å². The first-order chi connectivity index (χ1) is 4.05. The van der Waals surface area contributed by atoms with E-state index < -0.39 is 17.8 Å². The minimum Gasteiger partial charge on any atom is -0.322 e. The molecule has 0 fully saturated rings. The van der Waals surface area contributed by atoms with Crippen LogP contribution in [0.2, 0.25) is 0 Å². The highest BCUT2D eigenvalue weighted by Crippen LogP contribution is 2.35. The van der Waals surface area contributed by atoms with Crippen molar-refractivity contribution >= 4 is 0 Å². The van der Waals surface area contributed by atoms with Crippen LogP contribution < -0.4 is 5.73 Å². The Labute approximate surface area is 50.3 Å². The molecule has 0 spiro atoms. The van der Waals surface area contributed by atoms with Crippen molar-refractivity contribution in [2.45, 2.75) is 18.4 Å². The monoisotopic (exact) mass is 137 g/mol. The molecule has 4 heteroatoms. The van der Waals surface area contributed by atoms with E-state index in [1.54, 1.807) is 0 Å². The molecule has 2 N–H and O–H groups in total. The number of nitrogens with two attached hydrogens (primary N) is 1. The molecule has 0 heterocycles. The Morgan fingerprint density at radius 1 is 1.67 bits per heavy atom. The van der Waals surface area contributed by atoms with Gasteiger partial charge in [-0.05, 0) is 12.5 Å². The summed E-state index contributed by atoms with van der Waals surface area (Å²) in [6.07, 6.45) is 0.753. The van der Waals surface area contributed by atoms with Crippen LogP contribution in [-0.2, 0) is 0 Å². The van der Waals surface area contributed by atoms with Crippen LogP contribution in [0.15, 0.2) is 11.9 Å². The minimum absolute atomic E-state index is 0.0706. The molecule has 0 aromatic rings. The number of hydrogen-bond donors (Lipinski definition) is 1. The lowest BCUT2D eigenvalue weighted by molar-refractivity contribution is 0.00491. The van der Waals surface area contributed by atoms with Crippen LogP contribution in [0.5, 0.6) is 0 Å². The van der Waals surface area contributed by atoms with Gasteiger partial charge in [0, 0.05) is 0 Å². The van der Waals surface area contributed by atoms with Gasteiger partial charge in [-0.15, -0.1) is 0 Å². The normalized spacial score (nSPS) is 32.4. The molecule has 0 bridgehead atoms. The molecule has 0 saturated carbocycles. The van der Waals surface area contributed by atoms with Crippen molar-refractivity contribution in [2.24, 2.45) is 5.73 Å². The van der Waals surface area contributed by atoms with Gasteiger partial charge in [-0.25, -0.2) is 4.39 Å². The zero-order chi connectivity index (χ0) is 7.07. The molecule has 0 radical (unpaired) electrons. The van der Waals surface area contributed by atoms with Crippen molar-refractivity contribution < 1.29 is 13.2 Å². The summed E-state index contributed by atoms with van der Waals surface area (Å²) in [4.78, 5) is 0. The second kappa shape index (κ2) is 1.73. The van der Waals surface area contributed by atoms with Gasteiger partial charge in [-0.3, -0.25) is 0 Å². The van der Waals surface area contributed by atoms with Gasteiger partial charge in [-0.2, -0.15) is 8.78 Å². The summed E-state index contributed by atoms with van der Waals surface area (Å²) < 4.78 is 36.3. The van der Waals surface area contributed by atoms with Crippen LogP contribution in [-0.4, -0.2) is 12.0 Å². The lowest BCUT2D eigenvalue weighted by Crippen LogP contribution is -2.37. The van der Waals surface area contributed by atoms with E-state index in [1.165, 1.54) is 0 Å². The first-order valence-corrected chi connectivity index (χ1v) is 2.54. The largest absolute Gasteiger partial charge is 0.322 e. The second-order valence-corrected chi connectivity index (χ2v) is 2.02. The van der Waals surface area contributed by atoms with Crippen LogP contribution in [0.25, 0.3) is 0 Å². The Balaban J connectivity index is 2.81. The first-order valence-electron chi connectivity index (χ1n) is 2.54. The highest BCUT2D eigenvalue weighted by atomic mass is 19.3. The van der Waals surface area contributed by atoms with Crippen LogP contribution in [0.1, 0.15) is 6.42 Å². The molecule has 9 heavy (non-hydrogen) atoms. The van der Waals surface area contributed by atoms with Gasteiger partial charge in [0.1, 0.15) is 0 Å². The molecule has 1 atom stereocenters. The van der Waals surface area contributed by atoms with Gasteiger partial charge in [0.2, 0.25) is 0 Å². The number of hydrogen-bond acceptors (Lipinski definition) is 1. The summed E-state index contributed by atoms with van der Waals surface area (Å²) in [5.41, 5.74) is 4.86. The second-order valence-electron chi connectivity index (χ2n) is 2.02. The van der Waals surface area contributed by atoms with E-state index in [-0.39, 0.29) is 6.42 Å². The molecule has 1 aliphatic carbocycles. The summed E-state index contributed by atoms with van der Waals surface area (Å²) in [5.74, 6) is -4.81. The Kier molecular flexibility index (Phi) is 1.27. The van der Waals surface area contributed by atoms with Crippen molar-refractivity contribution in [1.29, 1.82) is 0 Å². The maximum Gasteiger partial charge on any atom is 0.313 e. The highest BCUT2D eigenvalue weighted by Gasteiger charge is 2.45. The smallest absolute Gasteiger partial charge is 0.313 e. The Bertz CT molecular complexity index is 152. The summed E-state index contributed by atoms with van der Waals surface area (Å²) in [5, 5.41) is 0. The third-order valence-electron chi connectivity index (χ3n) is 1.34. The fraction of sp³-hybridized carbons (Fsp3) is 0.600. The standard InChI is InChI=1S/C5H6F3N/c6-3-1-2-4(9)5(3,7)8/h1,4H,2,9H2. The molecule has 52 valence electrons. The van der Waals surface area contributed by atoms with E-state index in [0.29, 0.717) is 0 Å². The summed E-state index contributed by atoms with van der Waals surface area (Å²) in [6.45, 7) is 0. The zero-order valence-corrected chi connectivity index (χ0v) is 4.57. The van der Waals surface area contributed by atoms with Gasteiger partial charge in [0.25, 0.3) is 0 Å². The minimum atomic E-state index is -3.42. The van der Waals surface area contributed by atoms with E-state index in [0.717, 1.165) is 6.08 Å². The third kappa shape index (κ3) is 0.830. The van der Waals surface area contributed by atoms with Crippen LogP contribution in [0, 0.1) is 0 Å². The Morgan fingerprint density at radius 3 is 2.33 bits per heavy atom. The molecule has 1 rings (SSSR count). The summed E-state index contributed by atoms with van der Waals surface area (Å²) >= 11 is 0. The number of rotatable bonds is 0. The SMILES string of the molecule is NC1CC=C(F)C1(F)F. The first kappa shape index (κ1) is 6.61. The van der Waals surface area contributed by atoms with Crippen molar-refractivity contribution in [3.8, 4) is 0 Å². The van der Waals surface area contributed by atoms with Gasteiger partial charge in [0.15, 0.2) is 5.83 Å². The topological polar surface area (TPSA) is 26.0 Å². The predicted octanol–water partition coefficient (Wildman–Crippen LogP) is 1.21. The molecule has 0 saturated heterocycles.